The zero-order valence-electron chi connectivity index (χ0n) is 15.8. The van der Waals surface area contributed by atoms with Crippen molar-refractivity contribution >= 4 is 23.4 Å². The van der Waals surface area contributed by atoms with Crippen molar-refractivity contribution in [3.63, 3.8) is 0 Å². The Labute approximate surface area is 164 Å². The Kier molecular flexibility index (Phi) is 7.36. The van der Waals surface area contributed by atoms with Gasteiger partial charge in [-0.05, 0) is 36.6 Å². The second kappa shape index (κ2) is 9.51. The highest BCUT2D eigenvalue weighted by Gasteiger charge is 2.29. The van der Waals surface area contributed by atoms with Crippen molar-refractivity contribution < 1.29 is 14.0 Å². The van der Waals surface area contributed by atoms with E-state index in [1.54, 1.807) is 6.07 Å². The Balaban J connectivity index is 2.37. The van der Waals surface area contributed by atoms with E-state index in [9.17, 15) is 14.0 Å². The molecular weight excluding hydrogens is 367 g/mol. The molecule has 0 unspecified atom stereocenters. The molecule has 4 nitrogen and oxygen atoms in total. The average Bonchev–Trinajstić information content (AvgIpc) is 2.65. The summed E-state index contributed by atoms with van der Waals surface area (Å²) in [5, 5.41) is 2.81. The van der Waals surface area contributed by atoms with Crippen LogP contribution in [0.4, 0.5) is 4.39 Å². The molecule has 0 aromatic heterocycles. The van der Waals surface area contributed by atoms with Crippen LogP contribution in [0.2, 0.25) is 5.02 Å². The number of likely N-dealkylation sites (N-methyl/N-ethyl adjacent to an activating group) is 1. The van der Waals surface area contributed by atoms with Crippen molar-refractivity contribution in [3.8, 4) is 0 Å². The molecule has 1 atom stereocenters. The van der Waals surface area contributed by atoms with Crippen LogP contribution < -0.4 is 5.32 Å². The highest BCUT2D eigenvalue weighted by Crippen LogP contribution is 2.22. The van der Waals surface area contributed by atoms with E-state index in [2.05, 4.69) is 5.32 Å². The van der Waals surface area contributed by atoms with Crippen molar-refractivity contribution in [1.82, 2.24) is 10.2 Å². The molecule has 0 aliphatic heterocycles. The maximum atomic E-state index is 14.1. The van der Waals surface area contributed by atoms with Gasteiger partial charge < -0.3 is 10.2 Å². The molecule has 0 aliphatic rings. The maximum absolute atomic E-state index is 14.1. The standard InChI is InChI=1S/C21H24ClFN2O2/c1-4-19(21(27)24-3)25(13-15-9-6-5-8-14(15)2)20(26)12-16-17(22)10-7-11-18(16)23/h5-11,19H,4,12-13H2,1-3H3,(H,24,27)/t19-/m1/s1. The Morgan fingerprint density at radius 3 is 2.48 bits per heavy atom. The van der Waals surface area contributed by atoms with Gasteiger partial charge in [0.25, 0.3) is 0 Å². The quantitative estimate of drug-likeness (QED) is 0.779. The van der Waals surface area contributed by atoms with Gasteiger partial charge in [-0.25, -0.2) is 4.39 Å². The molecule has 0 saturated heterocycles. The molecular formula is C21H24ClFN2O2. The van der Waals surface area contributed by atoms with Crippen molar-refractivity contribution in [1.29, 1.82) is 0 Å². The number of nitrogens with zero attached hydrogens (tertiary/aromatic N) is 1. The van der Waals surface area contributed by atoms with Gasteiger partial charge in [0.15, 0.2) is 0 Å². The summed E-state index contributed by atoms with van der Waals surface area (Å²) in [7, 11) is 1.54. The summed E-state index contributed by atoms with van der Waals surface area (Å²) in [5.41, 5.74) is 2.10. The number of rotatable bonds is 7. The van der Waals surface area contributed by atoms with E-state index in [0.29, 0.717) is 6.42 Å². The van der Waals surface area contributed by atoms with Crippen LogP contribution in [-0.2, 0) is 22.6 Å². The van der Waals surface area contributed by atoms with Gasteiger partial charge in [-0.1, -0.05) is 48.9 Å². The lowest BCUT2D eigenvalue weighted by Gasteiger charge is -2.31. The van der Waals surface area contributed by atoms with Gasteiger partial charge in [-0.2, -0.15) is 0 Å². The third-order valence-corrected chi connectivity index (χ3v) is 4.98. The molecule has 27 heavy (non-hydrogen) atoms. The lowest BCUT2D eigenvalue weighted by atomic mass is 10.0. The molecule has 6 heteroatoms. The van der Waals surface area contributed by atoms with Gasteiger partial charge in [-0.3, -0.25) is 9.59 Å². The number of hydrogen-bond acceptors (Lipinski definition) is 2. The van der Waals surface area contributed by atoms with E-state index < -0.39 is 11.9 Å². The first-order chi connectivity index (χ1) is 12.9. The van der Waals surface area contributed by atoms with E-state index in [1.807, 2.05) is 38.1 Å². The molecule has 0 saturated carbocycles. The maximum Gasteiger partial charge on any atom is 0.242 e. The van der Waals surface area contributed by atoms with E-state index in [1.165, 1.54) is 24.1 Å². The monoisotopic (exact) mass is 390 g/mol. The van der Waals surface area contributed by atoms with Gasteiger partial charge in [-0.15, -0.1) is 0 Å². The van der Waals surface area contributed by atoms with Crippen molar-refractivity contribution in [2.75, 3.05) is 7.05 Å². The van der Waals surface area contributed by atoms with Crippen molar-refractivity contribution in [3.05, 3.63) is 70.0 Å². The zero-order chi connectivity index (χ0) is 20.0. The molecule has 0 heterocycles. The van der Waals surface area contributed by atoms with Crippen LogP contribution in [0.3, 0.4) is 0 Å². The Hall–Kier alpha value is -2.40. The smallest absolute Gasteiger partial charge is 0.242 e. The largest absolute Gasteiger partial charge is 0.357 e. The number of benzene rings is 2. The summed E-state index contributed by atoms with van der Waals surface area (Å²) in [6.45, 7) is 4.06. The van der Waals surface area contributed by atoms with Gasteiger partial charge in [0.2, 0.25) is 11.8 Å². The summed E-state index contributed by atoms with van der Waals surface area (Å²) in [5.74, 6) is -1.13. The Morgan fingerprint density at radius 1 is 1.19 bits per heavy atom. The summed E-state index contributed by atoms with van der Waals surface area (Å²) >= 11 is 6.08. The summed E-state index contributed by atoms with van der Waals surface area (Å²) < 4.78 is 14.1. The predicted octanol–water partition coefficient (Wildman–Crippen LogP) is 3.88. The third kappa shape index (κ3) is 5.07. The molecule has 2 amide bonds. The molecule has 2 aromatic rings. The average molecular weight is 391 g/mol. The van der Waals surface area contributed by atoms with Crippen LogP contribution in [0.5, 0.6) is 0 Å². The number of carbonyl (C=O) groups is 2. The van der Waals surface area contributed by atoms with Crippen molar-refractivity contribution in [2.45, 2.75) is 39.3 Å². The van der Waals surface area contributed by atoms with Gasteiger partial charge in [0.1, 0.15) is 11.9 Å². The topological polar surface area (TPSA) is 49.4 Å². The number of hydrogen-bond donors (Lipinski definition) is 1. The van der Waals surface area contributed by atoms with Crippen LogP contribution in [0.1, 0.15) is 30.0 Å². The van der Waals surface area contributed by atoms with Crippen LogP contribution in [0, 0.1) is 12.7 Å². The first kappa shape index (κ1) is 20.9. The SMILES string of the molecule is CC[C@H](C(=O)NC)N(Cc1ccccc1C)C(=O)Cc1c(F)cccc1Cl. The minimum atomic E-state index is -0.646. The number of aryl methyl sites for hydroxylation is 1. The van der Waals surface area contributed by atoms with Crippen molar-refractivity contribution in [2.24, 2.45) is 0 Å². The van der Waals surface area contributed by atoms with E-state index in [0.717, 1.165) is 11.1 Å². The van der Waals surface area contributed by atoms with Gasteiger partial charge >= 0.3 is 0 Å². The van der Waals surface area contributed by atoms with Crippen LogP contribution in [-0.4, -0.2) is 29.8 Å². The molecule has 0 spiro atoms. The van der Waals surface area contributed by atoms with Crippen LogP contribution >= 0.6 is 11.6 Å². The zero-order valence-corrected chi connectivity index (χ0v) is 16.5. The van der Waals surface area contributed by atoms with Crippen LogP contribution in [0.25, 0.3) is 0 Å². The second-order valence-electron chi connectivity index (χ2n) is 6.36. The summed E-state index contributed by atoms with van der Waals surface area (Å²) in [4.78, 5) is 26.9. The normalized spacial score (nSPS) is 11.7. The summed E-state index contributed by atoms with van der Waals surface area (Å²) in [6, 6.07) is 11.4. The second-order valence-corrected chi connectivity index (χ2v) is 6.77. The van der Waals surface area contributed by atoms with E-state index in [4.69, 9.17) is 11.6 Å². The number of carbonyl (C=O) groups excluding carboxylic acids is 2. The fourth-order valence-corrected chi connectivity index (χ4v) is 3.24. The molecule has 0 aliphatic carbocycles. The Morgan fingerprint density at radius 2 is 1.89 bits per heavy atom. The highest BCUT2D eigenvalue weighted by molar-refractivity contribution is 6.31. The van der Waals surface area contributed by atoms with E-state index >= 15 is 0 Å². The lowest BCUT2D eigenvalue weighted by molar-refractivity contribution is -0.140. The minimum absolute atomic E-state index is 0.144. The molecule has 0 fully saturated rings. The fraction of sp³-hybridized carbons (Fsp3) is 0.333. The molecule has 2 aromatic carbocycles. The number of amides is 2. The highest BCUT2D eigenvalue weighted by atomic mass is 35.5. The fourth-order valence-electron chi connectivity index (χ4n) is 3.01. The molecule has 1 N–H and O–H groups in total. The number of nitrogens with one attached hydrogen (secondary N) is 1. The molecule has 0 bridgehead atoms. The molecule has 0 radical (unpaired) electrons. The van der Waals surface area contributed by atoms with Gasteiger partial charge in [0, 0.05) is 24.2 Å². The third-order valence-electron chi connectivity index (χ3n) is 4.62. The first-order valence-electron chi connectivity index (χ1n) is 8.87. The van der Waals surface area contributed by atoms with E-state index in [-0.39, 0.29) is 35.4 Å². The molecule has 144 valence electrons. The molecule has 2 rings (SSSR count). The predicted molar refractivity (Wildman–Crippen MR) is 105 cm³/mol. The Bertz CT molecular complexity index is 805. The minimum Gasteiger partial charge on any atom is -0.357 e. The van der Waals surface area contributed by atoms with Gasteiger partial charge in [0.05, 0.1) is 6.42 Å². The lowest BCUT2D eigenvalue weighted by Crippen LogP contribution is -2.48. The first-order valence-corrected chi connectivity index (χ1v) is 9.25. The number of halogens is 2. The van der Waals surface area contributed by atoms with Crippen LogP contribution in [0.15, 0.2) is 42.5 Å². The summed E-state index contributed by atoms with van der Waals surface area (Å²) in [6.07, 6.45) is 0.243.